The zero-order valence-corrected chi connectivity index (χ0v) is 13.1. The van der Waals surface area contributed by atoms with E-state index in [-0.39, 0.29) is 11.9 Å². The van der Waals surface area contributed by atoms with Crippen molar-refractivity contribution >= 4 is 0 Å². The van der Waals surface area contributed by atoms with E-state index in [0.717, 1.165) is 5.56 Å². The average Bonchev–Trinajstić information content (AvgIpc) is 3.17. The molecule has 1 heterocycles. The van der Waals surface area contributed by atoms with Crippen molar-refractivity contribution in [3.05, 3.63) is 83.4 Å². The smallest absolute Gasteiger partial charge is 0.137 e. The molecule has 0 saturated carbocycles. The lowest BCUT2D eigenvalue weighted by atomic mass is 10.1. The molecule has 3 aromatic rings. The van der Waals surface area contributed by atoms with Gasteiger partial charge in [0.05, 0.1) is 24.3 Å². The van der Waals surface area contributed by atoms with Crippen molar-refractivity contribution in [2.75, 3.05) is 0 Å². The highest BCUT2D eigenvalue weighted by Gasteiger charge is 2.30. The topological polar surface area (TPSA) is 45.4 Å². The predicted molar refractivity (Wildman–Crippen MR) is 89.8 cm³/mol. The first kappa shape index (κ1) is 15.1. The van der Waals surface area contributed by atoms with Gasteiger partial charge in [-0.2, -0.15) is 0 Å². The van der Waals surface area contributed by atoms with Gasteiger partial charge in [-0.3, -0.25) is 0 Å². The molecule has 1 aliphatic carbocycles. The second kappa shape index (κ2) is 6.23. The summed E-state index contributed by atoms with van der Waals surface area (Å²) in [6, 6.07) is 18.1. The van der Waals surface area contributed by atoms with Crippen LogP contribution in [0.25, 0.3) is 11.3 Å². The summed E-state index contributed by atoms with van der Waals surface area (Å²) in [4.78, 5) is 0. The Morgan fingerprint density at radius 1 is 1.04 bits per heavy atom. The molecule has 0 aliphatic heterocycles. The molecule has 0 radical (unpaired) electrons. The number of aliphatic hydroxyl groups excluding tert-OH is 1. The van der Waals surface area contributed by atoms with E-state index in [0.29, 0.717) is 30.0 Å². The summed E-state index contributed by atoms with van der Waals surface area (Å²) in [6.07, 6.45) is 0.218. The van der Waals surface area contributed by atoms with E-state index < -0.39 is 6.10 Å². The third-order valence-corrected chi connectivity index (χ3v) is 4.50. The summed E-state index contributed by atoms with van der Waals surface area (Å²) in [6.45, 7) is 0.477. The van der Waals surface area contributed by atoms with Gasteiger partial charge in [-0.25, -0.2) is 4.39 Å². The normalized spacial score (nSPS) is 19.4. The molecule has 4 rings (SSSR count). The van der Waals surface area contributed by atoms with Gasteiger partial charge in [-0.1, -0.05) is 36.4 Å². The first-order valence-corrected chi connectivity index (χ1v) is 8.05. The third-order valence-electron chi connectivity index (χ3n) is 4.50. The zero-order valence-electron chi connectivity index (χ0n) is 13.1. The van der Waals surface area contributed by atoms with Crippen LogP contribution in [-0.2, 0) is 13.0 Å². The number of furan rings is 1. The van der Waals surface area contributed by atoms with Gasteiger partial charge < -0.3 is 14.8 Å². The fourth-order valence-corrected chi connectivity index (χ4v) is 3.31. The molecular formula is C20H18FNO2. The van der Waals surface area contributed by atoms with E-state index in [2.05, 4.69) is 5.32 Å². The molecule has 0 fully saturated rings. The van der Waals surface area contributed by atoms with Crippen molar-refractivity contribution in [1.29, 1.82) is 0 Å². The quantitative estimate of drug-likeness (QED) is 0.767. The Balaban J connectivity index is 1.49. The summed E-state index contributed by atoms with van der Waals surface area (Å²) in [5.41, 5.74) is 2.76. The Hall–Kier alpha value is -2.43. The minimum atomic E-state index is -0.441. The molecule has 0 amide bonds. The average molecular weight is 323 g/mol. The van der Waals surface area contributed by atoms with Crippen molar-refractivity contribution < 1.29 is 13.9 Å². The largest absolute Gasteiger partial charge is 0.460 e. The number of aliphatic hydroxyl groups is 1. The maximum atomic E-state index is 13.8. The van der Waals surface area contributed by atoms with Crippen LogP contribution in [0, 0.1) is 5.82 Å². The maximum Gasteiger partial charge on any atom is 0.137 e. The highest BCUT2D eigenvalue weighted by molar-refractivity contribution is 5.58. The van der Waals surface area contributed by atoms with Crippen LogP contribution in [0.5, 0.6) is 0 Å². The fourth-order valence-electron chi connectivity index (χ4n) is 3.31. The van der Waals surface area contributed by atoms with E-state index >= 15 is 0 Å². The second-order valence-electron chi connectivity index (χ2n) is 6.07. The van der Waals surface area contributed by atoms with Gasteiger partial charge in [0.25, 0.3) is 0 Å². The van der Waals surface area contributed by atoms with Crippen LogP contribution < -0.4 is 5.32 Å². The molecule has 0 bridgehead atoms. The van der Waals surface area contributed by atoms with Crippen molar-refractivity contribution in [3.8, 4) is 11.3 Å². The first-order chi connectivity index (χ1) is 11.7. The Kier molecular flexibility index (Phi) is 3.92. The Morgan fingerprint density at radius 2 is 1.83 bits per heavy atom. The van der Waals surface area contributed by atoms with E-state index in [1.54, 1.807) is 24.3 Å². The summed E-state index contributed by atoms with van der Waals surface area (Å²) < 4.78 is 19.6. The lowest BCUT2D eigenvalue weighted by Crippen LogP contribution is -2.28. The molecule has 2 atom stereocenters. The number of nitrogens with one attached hydrogen (secondary N) is 1. The van der Waals surface area contributed by atoms with Crippen molar-refractivity contribution in [3.63, 3.8) is 0 Å². The summed E-state index contributed by atoms with van der Waals surface area (Å²) in [7, 11) is 0. The van der Waals surface area contributed by atoms with Gasteiger partial charge in [-0.05, 0) is 35.4 Å². The minimum absolute atomic E-state index is 0.108. The van der Waals surface area contributed by atoms with Gasteiger partial charge in [0.1, 0.15) is 17.3 Å². The van der Waals surface area contributed by atoms with Crippen LogP contribution in [0.3, 0.4) is 0 Å². The standard InChI is InChI=1S/C20H18FNO2/c21-17-8-4-3-7-16(17)19-10-9-14(24-19)12-22-20-15-6-2-1-5-13(15)11-18(20)23/h1-10,18,20,22-23H,11-12H2/t18-,20+/m0/s1. The van der Waals surface area contributed by atoms with Crippen LogP contribution in [-0.4, -0.2) is 11.2 Å². The molecule has 3 nitrogen and oxygen atoms in total. The molecule has 2 N–H and O–H groups in total. The number of rotatable bonds is 4. The highest BCUT2D eigenvalue weighted by atomic mass is 19.1. The Labute approximate surface area is 139 Å². The third kappa shape index (κ3) is 2.75. The van der Waals surface area contributed by atoms with Gasteiger partial charge in [0, 0.05) is 6.42 Å². The SMILES string of the molecule is O[C@H]1Cc2ccccc2[C@H]1NCc1ccc(-c2ccccc2F)o1. The van der Waals surface area contributed by atoms with Crippen LogP contribution in [0.15, 0.2) is 65.1 Å². The van der Waals surface area contributed by atoms with Gasteiger partial charge in [-0.15, -0.1) is 0 Å². The van der Waals surface area contributed by atoms with E-state index in [4.69, 9.17) is 4.42 Å². The molecule has 122 valence electrons. The van der Waals surface area contributed by atoms with Crippen molar-refractivity contribution in [1.82, 2.24) is 5.32 Å². The fraction of sp³-hybridized carbons (Fsp3) is 0.200. The molecule has 2 aromatic carbocycles. The Bertz CT molecular complexity index is 858. The highest BCUT2D eigenvalue weighted by Crippen LogP contribution is 2.32. The van der Waals surface area contributed by atoms with Gasteiger partial charge in [0.2, 0.25) is 0 Å². The van der Waals surface area contributed by atoms with Crippen LogP contribution >= 0.6 is 0 Å². The predicted octanol–water partition coefficient (Wildman–Crippen LogP) is 3.83. The minimum Gasteiger partial charge on any atom is -0.460 e. The Morgan fingerprint density at radius 3 is 2.71 bits per heavy atom. The molecular weight excluding hydrogens is 305 g/mol. The number of hydrogen-bond acceptors (Lipinski definition) is 3. The lowest BCUT2D eigenvalue weighted by molar-refractivity contribution is 0.139. The van der Waals surface area contributed by atoms with Gasteiger partial charge in [0.15, 0.2) is 0 Å². The summed E-state index contributed by atoms with van der Waals surface area (Å²) in [5, 5.41) is 13.6. The van der Waals surface area contributed by atoms with Crippen LogP contribution in [0.4, 0.5) is 4.39 Å². The van der Waals surface area contributed by atoms with Crippen molar-refractivity contribution in [2.45, 2.75) is 25.1 Å². The zero-order chi connectivity index (χ0) is 16.5. The van der Waals surface area contributed by atoms with E-state index in [1.165, 1.54) is 11.6 Å². The molecule has 4 heteroatoms. The molecule has 1 aromatic heterocycles. The summed E-state index contributed by atoms with van der Waals surface area (Å²) in [5.74, 6) is 0.925. The van der Waals surface area contributed by atoms with Crippen LogP contribution in [0.2, 0.25) is 0 Å². The second-order valence-corrected chi connectivity index (χ2v) is 6.07. The van der Waals surface area contributed by atoms with Crippen LogP contribution in [0.1, 0.15) is 22.9 Å². The number of benzene rings is 2. The molecule has 0 saturated heterocycles. The molecule has 24 heavy (non-hydrogen) atoms. The maximum absolute atomic E-state index is 13.8. The number of fused-ring (bicyclic) bond motifs is 1. The van der Waals surface area contributed by atoms with E-state index in [1.807, 2.05) is 30.3 Å². The van der Waals surface area contributed by atoms with Crippen molar-refractivity contribution in [2.24, 2.45) is 0 Å². The molecule has 1 aliphatic rings. The first-order valence-electron chi connectivity index (χ1n) is 8.05. The number of hydrogen-bond donors (Lipinski definition) is 2. The molecule has 0 unspecified atom stereocenters. The van der Waals surface area contributed by atoms with E-state index in [9.17, 15) is 9.50 Å². The molecule has 0 spiro atoms. The lowest BCUT2D eigenvalue weighted by Gasteiger charge is -2.17. The summed E-state index contributed by atoms with van der Waals surface area (Å²) >= 11 is 0. The van der Waals surface area contributed by atoms with Gasteiger partial charge >= 0.3 is 0 Å². The number of halogens is 1. The monoisotopic (exact) mass is 323 g/mol.